The molecular formula is C26H31N3O5. The molecule has 3 aromatic rings. The maximum atomic E-state index is 13.4. The fraction of sp³-hybridized carbons (Fsp3) is 0.385. The lowest BCUT2D eigenvalue weighted by molar-refractivity contribution is 0.0677. The van der Waals surface area contributed by atoms with Gasteiger partial charge in [-0.2, -0.15) is 5.10 Å². The van der Waals surface area contributed by atoms with E-state index < -0.39 is 6.04 Å². The average Bonchev–Trinajstić information content (AvgIpc) is 3.37. The molecule has 2 N–H and O–H groups in total. The van der Waals surface area contributed by atoms with E-state index in [9.17, 15) is 9.90 Å². The van der Waals surface area contributed by atoms with Crippen LogP contribution in [0.1, 0.15) is 53.5 Å². The summed E-state index contributed by atoms with van der Waals surface area (Å²) in [7, 11) is 1.61. The molecule has 2 heterocycles. The molecule has 0 radical (unpaired) electrons. The Morgan fingerprint density at radius 3 is 2.65 bits per heavy atom. The number of H-pyrrole nitrogens is 1. The van der Waals surface area contributed by atoms with Crippen LogP contribution in [-0.2, 0) is 4.74 Å². The third-order valence-electron chi connectivity index (χ3n) is 5.85. The molecule has 1 aromatic heterocycles. The second-order valence-electron chi connectivity index (χ2n) is 8.26. The number of aromatic amines is 1. The van der Waals surface area contributed by atoms with E-state index in [2.05, 4.69) is 17.1 Å². The van der Waals surface area contributed by atoms with Crippen LogP contribution >= 0.6 is 0 Å². The van der Waals surface area contributed by atoms with E-state index in [1.54, 1.807) is 18.1 Å². The zero-order valence-electron chi connectivity index (χ0n) is 20.1. The Balaban J connectivity index is 1.86. The van der Waals surface area contributed by atoms with Crippen molar-refractivity contribution in [2.24, 2.45) is 0 Å². The maximum absolute atomic E-state index is 13.4. The highest BCUT2D eigenvalue weighted by Crippen LogP contribution is 2.46. The summed E-state index contributed by atoms with van der Waals surface area (Å²) in [6.07, 6.45) is 0.886. The minimum atomic E-state index is -0.425. The number of hydrogen-bond donors (Lipinski definition) is 2. The van der Waals surface area contributed by atoms with Gasteiger partial charge in [-0.05, 0) is 50.1 Å². The second kappa shape index (κ2) is 10.2. The number of aryl methyl sites for hydroxylation is 1. The van der Waals surface area contributed by atoms with Gasteiger partial charge in [-0.15, -0.1) is 0 Å². The molecule has 180 valence electrons. The lowest BCUT2D eigenvalue weighted by Crippen LogP contribution is -2.32. The first-order valence-electron chi connectivity index (χ1n) is 11.6. The predicted molar refractivity (Wildman–Crippen MR) is 129 cm³/mol. The van der Waals surface area contributed by atoms with Gasteiger partial charge in [0.25, 0.3) is 5.91 Å². The van der Waals surface area contributed by atoms with Crippen molar-refractivity contribution in [3.8, 4) is 28.5 Å². The first kappa shape index (κ1) is 23.6. The Morgan fingerprint density at radius 1 is 1.09 bits per heavy atom. The molecule has 8 heteroatoms. The molecule has 0 unspecified atom stereocenters. The summed E-state index contributed by atoms with van der Waals surface area (Å²) in [5.41, 5.74) is 4.13. The van der Waals surface area contributed by atoms with Crippen LogP contribution in [0.3, 0.4) is 0 Å². The van der Waals surface area contributed by atoms with E-state index in [4.69, 9.17) is 14.2 Å². The summed E-state index contributed by atoms with van der Waals surface area (Å²) in [5, 5.41) is 18.0. The number of phenolic OH excluding ortho intramolecular Hbond substituents is 1. The second-order valence-corrected chi connectivity index (χ2v) is 8.26. The Morgan fingerprint density at radius 2 is 1.91 bits per heavy atom. The van der Waals surface area contributed by atoms with Crippen molar-refractivity contribution in [2.45, 2.75) is 33.2 Å². The number of hydrogen-bond acceptors (Lipinski definition) is 6. The first-order chi connectivity index (χ1) is 16.5. The van der Waals surface area contributed by atoms with Crippen LogP contribution < -0.4 is 9.47 Å². The van der Waals surface area contributed by atoms with E-state index in [0.29, 0.717) is 54.8 Å². The standard InChI is InChI=1S/C26H31N3O5/c1-5-12-34-20-10-8-17(15-21(20)33-6-2)25-22-23(18-14-16(3)7-9-19(18)30)27-28-24(22)26(31)29(25)11-13-32-4/h7-10,14-15,25,30H,5-6,11-13H2,1-4H3,(H,27,28)/t25-/m1/s1. The minimum absolute atomic E-state index is 0.111. The fourth-order valence-corrected chi connectivity index (χ4v) is 4.30. The predicted octanol–water partition coefficient (Wildman–Crippen LogP) is 4.47. The zero-order valence-corrected chi connectivity index (χ0v) is 20.1. The van der Waals surface area contributed by atoms with E-state index in [1.165, 1.54) is 0 Å². The van der Waals surface area contributed by atoms with Crippen molar-refractivity contribution in [1.82, 2.24) is 15.1 Å². The number of nitrogens with one attached hydrogen (secondary N) is 1. The summed E-state index contributed by atoms with van der Waals surface area (Å²) >= 11 is 0. The van der Waals surface area contributed by atoms with Crippen LogP contribution in [0.25, 0.3) is 11.3 Å². The normalized spacial score (nSPS) is 15.0. The number of amides is 1. The summed E-state index contributed by atoms with van der Waals surface area (Å²) in [4.78, 5) is 15.1. The third-order valence-corrected chi connectivity index (χ3v) is 5.85. The highest BCUT2D eigenvalue weighted by atomic mass is 16.5. The number of phenols is 1. The molecule has 1 aliphatic heterocycles. The summed E-state index contributed by atoms with van der Waals surface area (Å²) < 4.78 is 17.0. The molecule has 34 heavy (non-hydrogen) atoms. The van der Waals surface area contributed by atoms with Crippen LogP contribution in [0, 0.1) is 6.92 Å². The van der Waals surface area contributed by atoms with Gasteiger partial charge in [-0.1, -0.05) is 24.6 Å². The Labute approximate surface area is 199 Å². The SMILES string of the molecule is CCCOc1ccc([C@@H]2c3c(-c4cc(C)ccc4O)n[nH]c3C(=O)N2CCOC)cc1OCC. The van der Waals surface area contributed by atoms with Gasteiger partial charge < -0.3 is 24.2 Å². The van der Waals surface area contributed by atoms with Gasteiger partial charge in [0.2, 0.25) is 0 Å². The largest absolute Gasteiger partial charge is 0.507 e. The minimum Gasteiger partial charge on any atom is -0.507 e. The molecule has 2 aromatic carbocycles. The van der Waals surface area contributed by atoms with Gasteiger partial charge in [0.15, 0.2) is 11.5 Å². The van der Waals surface area contributed by atoms with Gasteiger partial charge in [0, 0.05) is 24.8 Å². The van der Waals surface area contributed by atoms with Crippen LogP contribution in [-0.4, -0.2) is 59.6 Å². The van der Waals surface area contributed by atoms with Gasteiger partial charge in [-0.3, -0.25) is 9.89 Å². The number of aromatic nitrogens is 2. The van der Waals surface area contributed by atoms with Crippen molar-refractivity contribution >= 4 is 5.91 Å². The van der Waals surface area contributed by atoms with E-state index in [-0.39, 0.29) is 11.7 Å². The number of carbonyl (C=O) groups is 1. The molecule has 0 saturated carbocycles. The molecule has 0 saturated heterocycles. The number of rotatable bonds is 10. The molecule has 8 nitrogen and oxygen atoms in total. The molecule has 0 spiro atoms. The molecule has 4 rings (SSSR count). The van der Waals surface area contributed by atoms with Crippen LogP contribution in [0.5, 0.6) is 17.2 Å². The molecule has 1 aliphatic rings. The number of carbonyl (C=O) groups excluding carboxylic acids is 1. The number of fused-ring (bicyclic) bond motifs is 1. The van der Waals surface area contributed by atoms with Crippen molar-refractivity contribution in [3.63, 3.8) is 0 Å². The van der Waals surface area contributed by atoms with E-state index in [1.807, 2.05) is 44.2 Å². The van der Waals surface area contributed by atoms with Gasteiger partial charge >= 0.3 is 0 Å². The van der Waals surface area contributed by atoms with E-state index in [0.717, 1.165) is 23.1 Å². The van der Waals surface area contributed by atoms with Gasteiger partial charge in [0.1, 0.15) is 17.1 Å². The number of nitrogens with zero attached hydrogens (tertiary/aromatic N) is 2. The number of aromatic hydroxyl groups is 1. The number of methoxy groups -OCH3 is 1. The van der Waals surface area contributed by atoms with Crippen molar-refractivity contribution in [2.75, 3.05) is 33.5 Å². The fourth-order valence-electron chi connectivity index (χ4n) is 4.30. The zero-order chi connectivity index (χ0) is 24.2. The lowest BCUT2D eigenvalue weighted by Gasteiger charge is -2.27. The van der Waals surface area contributed by atoms with Crippen molar-refractivity contribution in [1.29, 1.82) is 0 Å². The number of benzene rings is 2. The highest BCUT2D eigenvalue weighted by molar-refractivity contribution is 6.00. The smallest absolute Gasteiger partial charge is 0.273 e. The number of ether oxygens (including phenoxy) is 3. The van der Waals surface area contributed by atoms with Gasteiger partial charge in [0.05, 0.1) is 25.9 Å². The third kappa shape index (κ3) is 4.33. The lowest BCUT2D eigenvalue weighted by atomic mass is 9.95. The topological polar surface area (TPSA) is 96.9 Å². The van der Waals surface area contributed by atoms with E-state index >= 15 is 0 Å². The summed E-state index contributed by atoms with van der Waals surface area (Å²) in [6, 6.07) is 10.7. The van der Waals surface area contributed by atoms with Crippen molar-refractivity contribution in [3.05, 3.63) is 58.8 Å². The Hall–Kier alpha value is -3.52. The first-order valence-corrected chi connectivity index (χ1v) is 11.6. The molecule has 0 fully saturated rings. The molecule has 0 bridgehead atoms. The van der Waals surface area contributed by atoms with Crippen LogP contribution in [0.4, 0.5) is 0 Å². The summed E-state index contributed by atoms with van der Waals surface area (Å²) in [5.74, 6) is 1.25. The quantitative estimate of drug-likeness (QED) is 0.459. The van der Waals surface area contributed by atoms with Crippen molar-refractivity contribution < 1.29 is 24.1 Å². The van der Waals surface area contributed by atoms with Crippen LogP contribution in [0.15, 0.2) is 36.4 Å². The Bertz CT molecular complexity index is 1170. The van der Waals surface area contributed by atoms with Gasteiger partial charge in [-0.25, -0.2) is 0 Å². The molecule has 1 amide bonds. The van der Waals surface area contributed by atoms with Crippen LogP contribution in [0.2, 0.25) is 0 Å². The monoisotopic (exact) mass is 465 g/mol. The molecular weight excluding hydrogens is 434 g/mol. The molecule has 0 aliphatic carbocycles. The molecule has 1 atom stereocenters. The highest BCUT2D eigenvalue weighted by Gasteiger charge is 2.42. The Kier molecular flexibility index (Phi) is 7.07. The maximum Gasteiger partial charge on any atom is 0.273 e. The summed E-state index contributed by atoms with van der Waals surface area (Å²) in [6.45, 7) is 7.79. The average molecular weight is 466 g/mol.